The van der Waals surface area contributed by atoms with Gasteiger partial charge in [0, 0.05) is 45.9 Å². The van der Waals surface area contributed by atoms with Crippen LogP contribution in [0.3, 0.4) is 0 Å². The van der Waals surface area contributed by atoms with Crippen molar-refractivity contribution in [1.82, 2.24) is 29.9 Å². The standard InChI is InChI=1S/C112H78N6/c1-71-43-54-106(114-70-71)86-33-20-31-82(60-86)78-27-18-29-80(58-78)84-46-51-99-101-65-87(108-69-110(118-74(4)116-108)100-41-22-26-77-25-14-15-39-96(77)100)48-53-103(101)111(104(99)66-84,92-34-10-6-11-35-92)94-49-44-76(45-50-94)90-61-89(75-23-8-5-9-24-75)62-91(63-90)109-68-107(115-73(3)117-109)88-47-52-98-97-40-16-17-42-102(97)112(105(98)67-88,93-36-12-7-13-37-93)95-38-21-32-83(64-95)79-28-19-30-81(59-79)85-55-56-113-72(2)57-85/h5-70H,1-4H3. The van der Waals surface area contributed by atoms with Gasteiger partial charge in [-0.2, -0.15) is 0 Å². The predicted octanol–water partition coefficient (Wildman–Crippen LogP) is 27.5. The molecule has 4 heterocycles. The molecule has 6 nitrogen and oxygen atoms in total. The fraction of sp³-hybridized carbons (Fsp3) is 0.0536. The second kappa shape index (κ2) is 29.1. The number of aryl methyl sites for hydroxylation is 4. The summed E-state index contributed by atoms with van der Waals surface area (Å²) in [6.45, 7) is 8.15. The zero-order valence-corrected chi connectivity index (χ0v) is 65.8. The van der Waals surface area contributed by atoms with E-state index < -0.39 is 10.8 Å². The molecule has 6 heteroatoms. The second-order valence-electron chi connectivity index (χ2n) is 31.4. The zero-order chi connectivity index (χ0) is 79.0. The highest BCUT2D eigenvalue weighted by Crippen LogP contribution is 2.60. The monoisotopic (exact) mass is 1510 g/mol. The largest absolute Gasteiger partial charge is 0.262 e. The first-order chi connectivity index (χ1) is 58.0. The maximum absolute atomic E-state index is 5.35. The van der Waals surface area contributed by atoms with E-state index in [9.17, 15) is 0 Å². The van der Waals surface area contributed by atoms with Crippen LogP contribution < -0.4 is 0 Å². The van der Waals surface area contributed by atoms with Gasteiger partial charge in [0.05, 0.1) is 39.3 Å². The van der Waals surface area contributed by atoms with Gasteiger partial charge < -0.3 is 0 Å². The van der Waals surface area contributed by atoms with Crippen LogP contribution in [0.4, 0.5) is 0 Å². The molecule has 0 saturated heterocycles. The molecule has 0 saturated carbocycles. The number of pyridine rings is 2. The molecule has 2 aliphatic rings. The second-order valence-corrected chi connectivity index (χ2v) is 31.4. The van der Waals surface area contributed by atoms with E-state index in [4.69, 9.17) is 24.9 Å². The van der Waals surface area contributed by atoms with Crippen LogP contribution in [-0.4, -0.2) is 29.9 Å². The van der Waals surface area contributed by atoms with Crippen LogP contribution in [0.2, 0.25) is 0 Å². The maximum atomic E-state index is 5.35. The lowest BCUT2D eigenvalue weighted by Gasteiger charge is -2.34. The normalized spacial score (nSPS) is 14.3. The molecule has 0 N–H and O–H groups in total. The summed E-state index contributed by atoms with van der Waals surface area (Å²) in [4.78, 5) is 30.3. The number of rotatable bonds is 15. The van der Waals surface area contributed by atoms with Gasteiger partial charge in [-0.15, -0.1) is 0 Å². The van der Waals surface area contributed by atoms with E-state index in [1.54, 1.807) is 0 Å². The SMILES string of the molecule is Cc1ccc(-c2cccc(-c3cccc(-c4ccc5c(c4)C(c4ccccc4)(c4ccc(-c6cc(-c7ccccc7)cc(-c7cc(-c8ccc9c(c8)C(c8ccccc8)(c8cccc(-c%10cccc(-c%11ccnc(C)c%11)c%10)c8)c8ccccc8-9)nc(C)n7)c6)cc4)c4ccc(-c6cc(-c7cccc8ccccc78)nc(C)n6)cc4-5)c3)c2)nc1. The van der Waals surface area contributed by atoms with Crippen LogP contribution in [0.1, 0.15) is 67.4 Å². The minimum Gasteiger partial charge on any atom is -0.262 e. The molecule has 4 aromatic heterocycles. The summed E-state index contributed by atoms with van der Waals surface area (Å²) in [5, 5.41) is 2.33. The molecule has 0 fully saturated rings. The van der Waals surface area contributed by atoms with Crippen LogP contribution in [-0.2, 0) is 10.8 Å². The molecule has 21 rings (SSSR count). The van der Waals surface area contributed by atoms with E-state index in [1.165, 1.54) is 61.0 Å². The molecule has 118 heavy (non-hydrogen) atoms. The molecular weight excluding hydrogens is 1430 g/mol. The summed E-state index contributed by atoms with van der Waals surface area (Å²) in [5.74, 6) is 1.40. The van der Waals surface area contributed by atoms with Crippen molar-refractivity contribution in [2.24, 2.45) is 0 Å². The Morgan fingerprint density at radius 3 is 1.27 bits per heavy atom. The van der Waals surface area contributed by atoms with Crippen molar-refractivity contribution in [3.63, 3.8) is 0 Å². The molecule has 0 amide bonds. The molecule has 0 bridgehead atoms. The number of nitrogens with zero attached hydrogens (tertiary/aromatic N) is 6. The lowest BCUT2D eigenvalue weighted by molar-refractivity contribution is 0.769. The van der Waals surface area contributed by atoms with Gasteiger partial charge in [0.25, 0.3) is 0 Å². The van der Waals surface area contributed by atoms with Gasteiger partial charge in [0.2, 0.25) is 0 Å². The first kappa shape index (κ1) is 70.9. The number of hydrogen-bond donors (Lipinski definition) is 0. The first-order valence-corrected chi connectivity index (χ1v) is 40.5. The fourth-order valence-electron chi connectivity index (χ4n) is 18.8. The quantitative estimate of drug-likeness (QED) is 0.102. The molecule has 556 valence electrons. The van der Waals surface area contributed by atoms with Crippen molar-refractivity contribution in [1.29, 1.82) is 0 Å². The van der Waals surface area contributed by atoms with E-state index in [2.05, 4.69) is 400 Å². The number of aromatic nitrogens is 6. The Hall–Kier alpha value is -15.0. The predicted molar refractivity (Wildman–Crippen MR) is 484 cm³/mol. The smallest absolute Gasteiger partial charge is 0.126 e. The maximum Gasteiger partial charge on any atom is 0.126 e. The Morgan fingerprint density at radius 1 is 0.203 bits per heavy atom. The molecule has 0 spiro atoms. The molecule has 0 radical (unpaired) electrons. The minimum absolute atomic E-state index is 0.681. The van der Waals surface area contributed by atoms with Crippen LogP contribution >= 0.6 is 0 Å². The fourth-order valence-corrected chi connectivity index (χ4v) is 18.8. The highest BCUT2D eigenvalue weighted by molar-refractivity contribution is 5.98. The third kappa shape index (κ3) is 12.4. The summed E-state index contributed by atoms with van der Waals surface area (Å²) in [7, 11) is 0. The Balaban J connectivity index is 0.692. The van der Waals surface area contributed by atoms with E-state index in [0.29, 0.717) is 11.6 Å². The van der Waals surface area contributed by atoms with Crippen LogP contribution in [0.15, 0.2) is 401 Å². The molecular formula is C112H78N6. The highest BCUT2D eigenvalue weighted by atomic mass is 14.9. The van der Waals surface area contributed by atoms with Crippen molar-refractivity contribution < 1.29 is 0 Å². The third-order valence-corrected chi connectivity index (χ3v) is 24.2. The summed E-state index contributed by atoms with van der Waals surface area (Å²) in [6.07, 6.45) is 3.83. The summed E-state index contributed by atoms with van der Waals surface area (Å²) < 4.78 is 0. The topological polar surface area (TPSA) is 77.3 Å². The molecule has 15 aromatic carbocycles. The van der Waals surface area contributed by atoms with Crippen LogP contribution in [0, 0.1) is 27.7 Å². The van der Waals surface area contributed by atoms with Crippen molar-refractivity contribution in [3.05, 3.63) is 468 Å². The average Bonchev–Trinajstić information content (AvgIpc) is 1.54. The van der Waals surface area contributed by atoms with E-state index in [0.717, 1.165) is 151 Å². The van der Waals surface area contributed by atoms with Gasteiger partial charge >= 0.3 is 0 Å². The first-order valence-electron chi connectivity index (χ1n) is 40.5. The summed E-state index contributed by atoms with van der Waals surface area (Å²) in [6, 6.07) is 143. The van der Waals surface area contributed by atoms with Crippen molar-refractivity contribution in [2.75, 3.05) is 0 Å². The van der Waals surface area contributed by atoms with Crippen LogP contribution in [0.5, 0.6) is 0 Å². The highest BCUT2D eigenvalue weighted by Gasteiger charge is 2.48. The Labute approximate surface area is 688 Å². The molecule has 19 aromatic rings. The minimum atomic E-state index is -0.772. The summed E-state index contributed by atoms with van der Waals surface area (Å²) >= 11 is 0. The number of benzene rings is 15. The van der Waals surface area contributed by atoms with Gasteiger partial charge in [0.1, 0.15) is 11.6 Å². The number of fused-ring (bicyclic) bond motifs is 7. The average molecular weight is 1510 g/mol. The van der Waals surface area contributed by atoms with Gasteiger partial charge in [-0.05, 0) is 269 Å². The van der Waals surface area contributed by atoms with E-state index in [-0.39, 0.29) is 0 Å². The van der Waals surface area contributed by atoms with Gasteiger partial charge in [-0.25, -0.2) is 19.9 Å². The molecule has 0 aliphatic heterocycles. The molecule has 2 unspecified atom stereocenters. The van der Waals surface area contributed by atoms with Gasteiger partial charge in [-0.1, -0.05) is 297 Å². The van der Waals surface area contributed by atoms with Crippen LogP contribution in [0.25, 0.3) is 156 Å². The van der Waals surface area contributed by atoms with Gasteiger partial charge in [-0.3, -0.25) is 9.97 Å². The zero-order valence-electron chi connectivity index (χ0n) is 65.8. The van der Waals surface area contributed by atoms with E-state index >= 15 is 0 Å². The van der Waals surface area contributed by atoms with E-state index in [1.807, 2.05) is 33.2 Å². The lowest BCUT2D eigenvalue weighted by Crippen LogP contribution is -2.28. The third-order valence-electron chi connectivity index (χ3n) is 24.2. The Kier molecular flexibility index (Phi) is 17.5. The van der Waals surface area contributed by atoms with Crippen molar-refractivity contribution in [3.8, 4) is 145 Å². The molecule has 2 atom stereocenters. The summed E-state index contributed by atoms with van der Waals surface area (Å²) in [5.41, 5.74) is 38.0. The van der Waals surface area contributed by atoms with Crippen molar-refractivity contribution in [2.45, 2.75) is 38.5 Å². The molecule has 2 aliphatic carbocycles. The lowest BCUT2D eigenvalue weighted by atomic mass is 9.67. The number of hydrogen-bond acceptors (Lipinski definition) is 6. The Bertz CT molecular complexity index is 7150. The Morgan fingerprint density at radius 2 is 0.610 bits per heavy atom. The van der Waals surface area contributed by atoms with Gasteiger partial charge in [0.15, 0.2) is 0 Å². The van der Waals surface area contributed by atoms with Crippen molar-refractivity contribution >= 4 is 10.8 Å².